The van der Waals surface area contributed by atoms with E-state index in [0.29, 0.717) is 24.2 Å². The van der Waals surface area contributed by atoms with Crippen molar-refractivity contribution in [3.8, 4) is 0 Å². The average molecular weight is 774 g/mol. The fraction of sp³-hybridized carbons (Fsp3) is 0.773. The molecule has 2 aliphatic rings. The zero-order valence-corrected chi connectivity index (χ0v) is 34.8. The van der Waals surface area contributed by atoms with Gasteiger partial charge in [0, 0.05) is 19.3 Å². The Morgan fingerprint density at radius 2 is 0.880 bits per heavy atom. The third-order valence-corrected chi connectivity index (χ3v) is 12.4. The van der Waals surface area contributed by atoms with Gasteiger partial charge in [0.15, 0.2) is 0 Å². The van der Waals surface area contributed by atoms with E-state index in [2.05, 4.69) is 35.8 Å². The predicted octanol–water partition coefficient (Wildman–Crippen LogP) is 14.5. The number of unbranched alkanes of at least 4 members (excludes halogenated alkanes) is 28. The number of halogens is 1. The van der Waals surface area contributed by atoms with E-state index in [1.807, 2.05) is 22.1 Å². The summed E-state index contributed by atoms with van der Waals surface area (Å²) in [6.45, 7) is 5.97. The lowest BCUT2D eigenvalue weighted by molar-refractivity contribution is -0.124. The first kappa shape index (κ1) is 43.0. The van der Waals surface area contributed by atoms with Gasteiger partial charge in [-0.05, 0) is 40.9 Å². The van der Waals surface area contributed by atoms with Gasteiger partial charge in [-0.25, -0.2) is 0 Å². The Morgan fingerprint density at radius 1 is 0.500 bits per heavy atom. The molecule has 0 N–H and O–H groups in total. The Hall–Kier alpha value is -1.40. The van der Waals surface area contributed by atoms with Gasteiger partial charge in [-0.3, -0.25) is 9.59 Å². The van der Waals surface area contributed by atoms with Crippen LogP contribution < -0.4 is 0 Å². The molecule has 1 aromatic heterocycles. The van der Waals surface area contributed by atoms with Crippen molar-refractivity contribution in [3.63, 3.8) is 0 Å². The molecule has 0 unspecified atom stereocenters. The molecule has 0 radical (unpaired) electrons. The van der Waals surface area contributed by atoms with Crippen molar-refractivity contribution < 1.29 is 9.59 Å². The summed E-state index contributed by atoms with van der Waals surface area (Å²) in [6, 6.07) is 4.08. The molecule has 0 spiro atoms. The molecular weight excluding hydrogens is 700 g/mol. The van der Waals surface area contributed by atoms with E-state index >= 15 is 0 Å². The lowest BCUT2D eigenvalue weighted by Gasteiger charge is -2.21. The molecule has 0 aliphatic carbocycles. The lowest BCUT2D eigenvalue weighted by atomic mass is 10.0. The quantitative estimate of drug-likeness (QED) is 0.0668. The fourth-order valence-electron chi connectivity index (χ4n) is 7.68. The van der Waals surface area contributed by atoms with Crippen molar-refractivity contribution in [2.75, 3.05) is 13.1 Å². The molecule has 0 aromatic carbocycles. The van der Waals surface area contributed by atoms with E-state index in [0.717, 1.165) is 40.0 Å². The maximum absolute atomic E-state index is 13.7. The molecule has 2 aliphatic heterocycles. The molecule has 50 heavy (non-hydrogen) atoms. The van der Waals surface area contributed by atoms with Crippen molar-refractivity contribution >= 4 is 44.8 Å². The smallest absolute Gasteiger partial charge is 0.260 e. The molecule has 0 saturated heterocycles. The van der Waals surface area contributed by atoms with Crippen molar-refractivity contribution in [1.82, 2.24) is 9.80 Å². The van der Waals surface area contributed by atoms with Crippen LogP contribution in [-0.4, -0.2) is 34.7 Å². The van der Waals surface area contributed by atoms with Crippen molar-refractivity contribution in [2.24, 2.45) is 0 Å². The van der Waals surface area contributed by atoms with E-state index < -0.39 is 0 Å². The number of hydrogen-bond acceptors (Lipinski definition) is 3. The van der Waals surface area contributed by atoms with E-state index in [4.69, 9.17) is 0 Å². The summed E-state index contributed by atoms with van der Waals surface area (Å²) in [5, 5.41) is 0. The second-order valence-electron chi connectivity index (χ2n) is 15.2. The average Bonchev–Trinajstić information content (AvgIpc) is 3.77. The Kier molecular flexibility index (Phi) is 23.4. The zero-order chi connectivity index (χ0) is 35.7. The molecule has 3 rings (SSSR count). The minimum Gasteiger partial charge on any atom is -0.314 e. The summed E-state index contributed by atoms with van der Waals surface area (Å²) in [5.41, 5.74) is 2.08. The van der Waals surface area contributed by atoms with Crippen LogP contribution >= 0.6 is 27.3 Å². The van der Waals surface area contributed by atoms with Gasteiger partial charge in [0.2, 0.25) is 0 Å². The highest BCUT2D eigenvalue weighted by Gasteiger charge is 2.44. The molecule has 0 bridgehead atoms. The summed E-state index contributed by atoms with van der Waals surface area (Å²) in [7, 11) is 0. The molecule has 1 aromatic rings. The van der Waals surface area contributed by atoms with E-state index in [-0.39, 0.29) is 11.8 Å². The van der Waals surface area contributed by atoms with Crippen LogP contribution in [0.25, 0.3) is 5.70 Å². The van der Waals surface area contributed by atoms with E-state index in [9.17, 15) is 9.59 Å². The number of thiophene rings is 1. The largest absolute Gasteiger partial charge is 0.314 e. The maximum Gasteiger partial charge on any atom is 0.260 e. The highest BCUT2D eigenvalue weighted by atomic mass is 79.9. The molecule has 3 heterocycles. The molecule has 2 amide bonds. The van der Waals surface area contributed by atoms with Gasteiger partial charge < -0.3 is 9.80 Å². The fourth-order valence-corrected chi connectivity index (χ4v) is 9.13. The standard InChI is InChI=1S/C44H73BrN2O2S/c1-3-5-7-9-11-13-15-17-19-21-23-25-27-29-31-35-46-37-38-41(44(46)49)42(39-33-34-40(45)50-39)47(43(38)48)36-32-30-28-26-24-22-20-18-16-14-12-10-8-6-4-2/h33-34,37H,3-32,35-36H2,1-2H3. The number of carbonyl (C=O) groups excluding carboxylic acids is 2. The first-order chi connectivity index (χ1) is 24.6. The van der Waals surface area contributed by atoms with Gasteiger partial charge in [0.1, 0.15) is 0 Å². The molecule has 6 heteroatoms. The summed E-state index contributed by atoms with van der Waals surface area (Å²) < 4.78 is 1.03. The van der Waals surface area contributed by atoms with E-state index in [1.54, 1.807) is 11.3 Å². The van der Waals surface area contributed by atoms with Crippen molar-refractivity contribution in [3.05, 3.63) is 38.1 Å². The second-order valence-corrected chi connectivity index (χ2v) is 17.7. The summed E-state index contributed by atoms with van der Waals surface area (Å²) in [5.74, 6) is 0.0226. The minimum absolute atomic E-state index is 0.0113. The Bertz CT molecular complexity index is 1140. The molecule has 0 saturated carbocycles. The summed E-state index contributed by atoms with van der Waals surface area (Å²) >= 11 is 5.22. The van der Waals surface area contributed by atoms with Crippen LogP contribution in [0.15, 0.2) is 33.3 Å². The number of fused-ring (bicyclic) bond motifs is 1. The van der Waals surface area contributed by atoms with Gasteiger partial charge >= 0.3 is 0 Å². The van der Waals surface area contributed by atoms with Crippen LogP contribution in [0.2, 0.25) is 0 Å². The number of carbonyl (C=O) groups is 2. The predicted molar refractivity (Wildman–Crippen MR) is 220 cm³/mol. The molecule has 284 valence electrons. The van der Waals surface area contributed by atoms with Crippen LogP contribution in [0.1, 0.15) is 211 Å². The van der Waals surface area contributed by atoms with Gasteiger partial charge in [-0.2, -0.15) is 0 Å². The van der Waals surface area contributed by atoms with Gasteiger partial charge in [0.25, 0.3) is 11.8 Å². The lowest BCUT2D eigenvalue weighted by Crippen LogP contribution is -2.28. The highest BCUT2D eigenvalue weighted by Crippen LogP contribution is 2.43. The Labute approximate surface area is 320 Å². The first-order valence-electron chi connectivity index (χ1n) is 21.4. The van der Waals surface area contributed by atoms with Crippen molar-refractivity contribution in [1.29, 1.82) is 0 Å². The zero-order valence-electron chi connectivity index (χ0n) is 32.4. The second kappa shape index (κ2) is 27.2. The van der Waals surface area contributed by atoms with Crippen LogP contribution in [0.3, 0.4) is 0 Å². The van der Waals surface area contributed by atoms with Gasteiger partial charge in [-0.1, -0.05) is 194 Å². The SMILES string of the molecule is CCCCCCCCCCCCCCCCCN1C=C2C(=O)N(CCCCCCCCCCCCCCCCC)C(c3ccc(Br)s3)=C2C1=O. The third kappa shape index (κ3) is 16.1. The molecule has 0 fully saturated rings. The third-order valence-electron chi connectivity index (χ3n) is 10.8. The summed E-state index contributed by atoms with van der Waals surface area (Å²) in [4.78, 5) is 32.1. The topological polar surface area (TPSA) is 40.6 Å². The van der Waals surface area contributed by atoms with Crippen LogP contribution in [0.5, 0.6) is 0 Å². The molecule has 0 atom stereocenters. The number of hydrogen-bond donors (Lipinski definition) is 0. The van der Waals surface area contributed by atoms with Gasteiger partial charge in [-0.15, -0.1) is 11.3 Å². The molecular formula is C44H73BrN2O2S. The monoisotopic (exact) mass is 772 g/mol. The normalized spacial score (nSPS) is 14.5. The van der Waals surface area contributed by atoms with Crippen LogP contribution in [0, 0.1) is 0 Å². The number of rotatable bonds is 33. The Balaban J connectivity index is 1.30. The first-order valence-corrected chi connectivity index (χ1v) is 23.0. The molecule has 4 nitrogen and oxygen atoms in total. The Morgan fingerprint density at radius 3 is 1.26 bits per heavy atom. The summed E-state index contributed by atoms with van der Waals surface area (Å²) in [6.07, 6.45) is 41.7. The van der Waals surface area contributed by atoms with Gasteiger partial charge in [0.05, 0.1) is 25.5 Å². The number of amides is 2. The van der Waals surface area contributed by atoms with Crippen LogP contribution in [-0.2, 0) is 9.59 Å². The van der Waals surface area contributed by atoms with Crippen LogP contribution in [0.4, 0.5) is 0 Å². The van der Waals surface area contributed by atoms with Crippen molar-refractivity contribution in [2.45, 2.75) is 206 Å². The highest BCUT2D eigenvalue weighted by molar-refractivity contribution is 9.11. The minimum atomic E-state index is 0.0113. The number of nitrogens with zero attached hydrogens (tertiary/aromatic N) is 2. The van der Waals surface area contributed by atoms with E-state index in [1.165, 1.54) is 167 Å². The maximum atomic E-state index is 13.7.